The first-order valence-electron chi connectivity index (χ1n) is 9.99. The molecule has 7 nitrogen and oxygen atoms in total. The Hall–Kier alpha value is -2.87. The Bertz CT molecular complexity index is 936. The number of rotatable bonds is 6. The summed E-state index contributed by atoms with van der Waals surface area (Å²) in [4.78, 5) is 39.6. The van der Waals surface area contributed by atoms with Gasteiger partial charge in [0.1, 0.15) is 5.00 Å². The maximum absolute atomic E-state index is 12.6. The Morgan fingerprint density at radius 3 is 2.47 bits per heavy atom. The fourth-order valence-corrected chi connectivity index (χ4v) is 4.70. The Labute approximate surface area is 180 Å². The van der Waals surface area contributed by atoms with Crippen molar-refractivity contribution in [3.63, 3.8) is 0 Å². The van der Waals surface area contributed by atoms with Crippen LogP contribution in [-0.4, -0.2) is 43.1 Å². The lowest BCUT2D eigenvalue weighted by Crippen LogP contribution is -2.36. The Morgan fingerprint density at radius 1 is 1.13 bits per heavy atom. The number of hydrogen-bond donors (Lipinski definition) is 1. The summed E-state index contributed by atoms with van der Waals surface area (Å²) in [7, 11) is 1.32. The molecule has 1 aliphatic rings. The fourth-order valence-electron chi connectivity index (χ4n) is 3.43. The molecule has 1 aliphatic heterocycles. The van der Waals surface area contributed by atoms with Crippen LogP contribution in [0.1, 0.15) is 45.8 Å². The van der Waals surface area contributed by atoms with Crippen LogP contribution in [0.3, 0.4) is 0 Å². The molecule has 0 radical (unpaired) electrons. The summed E-state index contributed by atoms with van der Waals surface area (Å²) in [5, 5.41) is 3.34. The molecule has 0 fully saturated rings. The molecule has 1 aromatic carbocycles. The van der Waals surface area contributed by atoms with Crippen molar-refractivity contribution in [2.75, 3.05) is 25.6 Å². The van der Waals surface area contributed by atoms with Gasteiger partial charge in [-0.15, -0.1) is 11.3 Å². The molecule has 0 atom stereocenters. The minimum Gasteiger partial charge on any atom is -0.465 e. The smallest absolute Gasteiger partial charge is 0.410 e. The van der Waals surface area contributed by atoms with E-state index >= 15 is 0 Å². The molecule has 0 spiro atoms. The predicted molar refractivity (Wildman–Crippen MR) is 115 cm³/mol. The van der Waals surface area contributed by atoms with Crippen molar-refractivity contribution in [1.82, 2.24) is 4.90 Å². The first kappa shape index (κ1) is 21.8. The number of thiophene rings is 1. The van der Waals surface area contributed by atoms with Crippen LogP contribution in [0.25, 0.3) is 0 Å². The average molecular weight is 431 g/mol. The molecule has 1 N–H and O–H groups in total. The number of fused-ring (bicyclic) bond motifs is 1. The van der Waals surface area contributed by atoms with Crippen LogP contribution in [0, 0.1) is 0 Å². The van der Waals surface area contributed by atoms with Crippen molar-refractivity contribution in [3.05, 3.63) is 51.4 Å². The molecule has 0 unspecified atom stereocenters. The van der Waals surface area contributed by atoms with Gasteiger partial charge in [0, 0.05) is 11.4 Å². The van der Waals surface area contributed by atoms with E-state index in [0.29, 0.717) is 36.7 Å². The normalized spacial score (nSPS) is 12.8. The van der Waals surface area contributed by atoms with E-state index in [9.17, 15) is 14.4 Å². The summed E-state index contributed by atoms with van der Waals surface area (Å²) in [5.74, 6) is -0.690. The van der Waals surface area contributed by atoms with E-state index < -0.39 is 5.97 Å². The van der Waals surface area contributed by atoms with Crippen molar-refractivity contribution in [2.45, 2.75) is 39.7 Å². The zero-order chi connectivity index (χ0) is 21.7. The maximum Gasteiger partial charge on any atom is 0.410 e. The van der Waals surface area contributed by atoms with Crippen LogP contribution < -0.4 is 5.32 Å². The molecule has 0 bridgehead atoms. The van der Waals surface area contributed by atoms with E-state index in [-0.39, 0.29) is 18.4 Å². The number of carbonyl (C=O) groups is 3. The van der Waals surface area contributed by atoms with Crippen molar-refractivity contribution >= 4 is 34.3 Å². The standard InChI is InChI=1S/C22H26N2O5S/c1-4-14-6-8-15(9-7-14)12-18(25)23-20-19(21(26)28-3)16-10-11-24(13-17(16)30-20)22(27)29-5-2/h6-9H,4-5,10-13H2,1-3H3,(H,23,25). The molecule has 3 rings (SSSR count). The number of esters is 1. The molecule has 2 heterocycles. The van der Waals surface area contributed by atoms with Gasteiger partial charge in [0.05, 0.1) is 32.2 Å². The summed E-state index contributed by atoms with van der Waals surface area (Å²) in [6.07, 6.45) is 1.28. The number of anilines is 1. The van der Waals surface area contributed by atoms with E-state index in [1.54, 1.807) is 11.8 Å². The summed E-state index contributed by atoms with van der Waals surface area (Å²) in [6.45, 7) is 4.94. The molecule has 2 aromatic rings. The Balaban J connectivity index is 1.79. The molecule has 8 heteroatoms. The average Bonchev–Trinajstić information content (AvgIpc) is 3.10. The van der Waals surface area contributed by atoms with Crippen molar-refractivity contribution in [1.29, 1.82) is 0 Å². The van der Waals surface area contributed by atoms with Gasteiger partial charge >= 0.3 is 12.1 Å². The highest BCUT2D eigenvalue weighted by molar-refractivity contribution is 7.17. The van der Waals surface area contributed by atoms with Gasteiger partial charge in [-0.05, 0) is 36.5 Å². The highest BCUT2D eigenvalue weighted by Crippen LogP contribution is 2.37. The number of methoxy groups -OCH3 is 1. The monoisotopic (exact) mass is 430 g/mol. The molecule has 160 valence electrons. The van der Waals surface area contributed by atoms with Gasteiger partial charge in [0.15, 0.2) is 0 Å². The van der Waals surface area contributed by atoms with Crippen molar-refractivity contribution < 1.29 is 23.9 Å². The van der Waals surface area contributed by atoms with Crippen LogP contribution in [0.5, 0.6) is 0 Å². The summed E-state index contributed by atoms with van der Waals surface area (Å²) in [5.41, 5.74) is 3.33. The first-order valence-corrected chi connectivity index (χ1v) is 10.8. The number of benzene rings is 1. The first-order chi connectivity index (χ1) is 14.5. The van der Waals surface area contributed by atoms with Gasteiger partial charge in [0.25, 0.3) is 0 Å². The molecule has 0 aliphatic carbocycles. The van der Waals surface area contributed by atoms with Crippen molar-refractivity contribution in [3.8, 4) is 0 Å². The SMILES string of the molecule is CCOC(=O)N1CCc2c(sc(NC(=O)Cc3ccc(CC)cc3)c2C(=O)OC)C1. The summed E-state index contributed by atoms with van der Waals surface area (Å²) in [6, 6.07) is 7.90. The maximum atomic E-state index is 12.6. The Kier molecular flexibility index (Phi) is 7.10. The number of ether oxygens (including phenoxy) is 2. The molecule has 0 saturated heterocycles. The van der Waals surface area contributed by atoms with Gasteiger partial charge in [-0.3, -0.25) is 4.79 Å². The van der Waals surface area contributed by atoms with E-state index in [0.717, 1.165) is 22.4 Å². The number of carbonyl (C=O) groups excluding carboxylic acids is 3. The zero-order valence-corrected chi connectivity index (χ0v) is 18.3. The molecule has 2 amide bonds. The van der Waals surface area contributed by atoms with Gasteiger partial charge < -0.3 is 19.7 Å². The number of nitrogens with one attached hydrogen (secondary N) is 1. The molecular weight excluding hydrogens is 404 g/mol. The topological polar surface area (TPSA) is 84.9 Å². The van der Waals surface area contributed by atoms with Gasteiger partial charge in [-0.25, -0.2) is 9.59 Å². The van der Waals surface area contributed by atoms with Gasteiger partial charge in [0.2, 0.25) is 5.91 Å². The van der Waals surface area contributed by atoms with E-state index in [4.69, 9.17) is 9.47 Å². The van der Waals surface area contributed by atoms with E-state index in [1.807, 2.05) is 24.3 Å². The third-order valence-electron chi connectivity index (χ3n) is 5.02. The lowest BCUT2D eigenvalue weighted by molar-refractivity contribution is -0.115. The predicted octanol–water partition coefficient (Wildman–Crippen LogP) is 3.79. The molecule has 0 saturated carbocycles. The van der Waals surface area contributed by atoms with Crippen LogP contribution in [0.4, 0.5) is 9.80 Å². The molecular formula is C22H26N2O5S. The Morgan fingerprint density at radius 2 is 1.83 bits per heavy atom. The number of aryl methyl sites for hydroxylation is 1. The van der Waals surface area contributed by atoms with Crippen LogP contribution >= 0.6 is 11.3 Å². The number of nitrogens with zero attached hydrogens (tertiary/aromatic N) is 1. The van der Waals surface area contributed by atoms with Gasteiger partial charge in [-0.2, -0.15) is 0 Å². The van der Waals surface area contributed by atoms with Crippen LogP contribution in [0.15, 0.2) is 24.3 Å². The fraction of sp³-hybridized carbons (Fsp3) is 0.409. The third-order valence-corrected chi connectivity index (χ3v) is 6.15. The summed E-state index contributed by atoms with van der Waals surface area (Å²) >= 11 is 1.31. The minimum atomic E-state index is -0.486. The van der Waals surface area contributed by atoms with Crippen LogP contribution in [-0.2, 0) is 40.1 Å². The van der Waals surface area contributed by atoms with Crippen molar-refractivity contribution in [2.24, 2.45) is 0 Å². The van der Waals surface area contributed by atoms with E-state index in [2.05, 4.69) is 12.2 Å². The lowest BCUT2D eigenvalue weighted by atomic mass is 10.0. The highest BCUT2D eigenvalue weighted by Gasteiger charge is 2.31. The zero-order valence-electron chi connectivity index (χ0n) is 17.4. The number of hydrogen-bond acceptors (Lipinski definition) is 6. The van der Waals surface area contributed by atoms with Gasteiger partial charge in [-0.1, -0.05) is 31.2 Å². The van der Waals surface area contributed by atoms with Crippen LogP contribution in [0.2, 0.25) is 0 Å². The van der Waals surface area contributed by atoms with E-state index in [1.165, 1.54) is 24.0 Å². The lowest BCUT2D eigenvalue weighted by Gasteiger charge is -2.26. The number of amides is 2. The second-order valence-electron chi connectivity index (χ2n) is 6.96. The minimum absolute atomic E-state index is 0.203. The largest absolute Gasteiger partial charge is 0.465 e. The second kappa shape index (κ2) is 9.75. The second-order valence-corrected chi connectivity index (χ2v) is 8.07. The quantitative estimate of drug-likeness (QED) is 0.705. The summed E-state index contributed by atoms with van der Waals surface area (Å²) < 4.78 is 10.0. The highest BCUT2D eigenvalue weighted by atomic mass is 32.1. The third kappa shape index (κ3) is 4.81. The molecule has 1 aromatic heterocycles. The molecule has 30 heavy (non-hydrogen) atoms.